The SMILES string of the molecule is O=C(O)c1cccc2c1C(=O)N(CCN1CCOCC1)C2. The monoisotopic (exact) mass is 290 g/mol. The first-order valence-corrected chi connectivity index (χ1v) is 7.11. The number of ether oxygens (including phenoxy) is 1. The van der Waals surface area contributed by atoms with E-state index >= 15 is 0 Å². The van der Waals surface area contributed by atoms with Gasteiger partial charge < -0.3 is 14.7 Å². The van der Waals surface area contributed by atoms with Gasteiger partial charge in [0.1, 0.15) is 0 Å². The lowest BCUT2D eigenvalue weighted by molar-refractivity contribution is 0.0327. The Morgan fingerprint density at radius 3 is 2.71 bits per heavy atom. The van der Waals surface area contributed by atoms with Crippen molar-refractivity contribution in [1.82, 2.24) is 9.80 Å². The maximum absolute atomic E-state index is 12.4. The van der Waals surface area contributed by atoms with Crippen LogP contribution in [0.5, 0.6) is 0 Å². The fraction of sp³-hybridized carbons (Fsp3) is 0.467. The first-order chi connectivity index (χ1) is 10.2. The predicted molar refractivity (Wildman–Crippen MR) is 75.4 cm³/mol. The number of amides is 1. The summed E-state index contributed by atoms with van der Waals surface area (Å²) in [4.78, 5) is 27.6. The van der Waals surface area contributed by atoms with Crippen molar-refractivity contribution in [2.24, 2.45) is 0 Å². The smallest absolute Gasteiger partial charge is 0.336 e. The van der Waals surface area contributed by atoms with E-state index in [9.17, 15) is 14.7 Å². The van der Waals surface area contributed by atoms with E-state index in [2.05, 4.69) is 4.90 Å². The lowest BCUT2D eigenvalue weighted by Crippen LogP contribution is -2.41. The molecule has 1 amide bonds. The van der Waals surface area contributed by atoms with E-state index in [0.717, 1.165) is 38.4 Å². The summed E-state index contributed by atoms with van der Waals surface area (Å²) in [5.74, 6) is -1.22. The van der Waals surface area contributed by atoms with E-state index in [1.807, 2.05) is 6.07 Å². The minimum Gasteiger partial charge on any atom is -0.478 e. The number of carbonyl (C=O) groups excluding carboxylic acids is 1. The van der Waals surface area contributed by atoms with Gasteiger partial charge in [0, 0.05) is 32.7 Å². The molecule has 1 saturated heterocycles. The molecular formula is C15H18N2O4. The van der Waals surface area contributed by atoms with E-state index < -0.39 is 5.97 Å². The number of carboxylic acids is 1. The summed E-state index contributed by atoms with van der Waals surface area (Å²) >= 11 is 0. The van der Waals surface area contributed by atoms with Gasteiger partial charge in [-0.15, -0.1) is 0 Å². The maximum Gasteiger partial charge on any atom is 0.336 e. The number of fused-ring (bicyclic) bond motifs is 1. The Morgan fingerprint density at radius 1 is 1.24 bits per heavy atom. The van der Waals surface area contributed by atoms with Crippen LogP contribution in [0.4, 0.5) is 0 Å². The number of carboxylic acid groups (broad SMARTS) is 1. The molecule has 2 aliphatic rings. The molecule has 6 heteroatoms. The summed E-state index contributed by atoms with van der Waals surface area (Å²) in [5, 5.41) is 9.19. The van der Waals surface area contributed by atoms with Gasteiger partial charge in [0.25, 0.3) is 5.91 Å². The number of rotatable bonds is 4. The number of benzene rings is 1. The molecule has 1 fully saturated rings. The first kappa shape index (κ1) is 14.0. The molecule has 0 unspecified atom stereocenters. The highest BCUT2D eigenvalue weighted by molar-refractivity contribution is 6.07. The Kier molecular flexibility index (Phi) is 3.90. The Bertz CT molecular complexity index is 567. The first-order valence-electron chi connectivity index (χ1n) is 7.11. The molecule has 21 heavy (non-hydrogen) atoms. The van der Waals surface area contributed by atoms with E-state index in [1.165, 1.54) is 6.07 Å². The van der Waals surface area contributed by atoms with Crippen LogP contribution in [0.1, 0.15) is 26.3 Å². The van der Waals surface area contributed by atoms with Crippen LogP contribution < -0.4 is 0 Å². The zero-order valence-corrected chi connectivity index (χ0v) is 11.7. The van der Waals surface area contributed by atoms with Crippen molar-refractivity contribution < 1.29 is 19.4 Å². The van der Waals surface area contributed by atoms with Crippen molar-refractivity contribution in [2.45, 2.75) is 6.54 Å². The number of carbonyl (C=O) groups is 2. The highest BCUT2D eigenvalue weighted by Crippen LogP contribution is 2.25. The molecule has 0 spiro atoms. The van der Waals surface area contributed by atoms with Crippen LogP contribution in [0.25, 0.3) is 0 Å². The van der Waals surface area contributed by atoms with Gasteiger partial charge in [-0.3, -0.25) is 9.69 Å². The molecule has 2 heterocycles. The summed E-state index contributed by atoms with van der Waals surface area (Å²) in [7, 11) is 0. The van der Waals surface area contributed by atoms with Crippen LogP contribution in [-0.2, 0) is 11.3 Å². The molecule has 1 aromatic rings. The predicted octanol–water partition coefficient (Wildman–Crippen LogP) is 0.673. The lowest BCUT2D eigenvalue weighted by Gasteiger charge is -2.28. The Balaban J connectivity index is 1.69. The van der Waals surface area contributed by atoms with E-state index in [1.54, 1.807) is 11.0 Å². The van der Waals surface area contributed by atoms with Gasteiger partial charge in [-0.05, 0) is 11.6 Å². The minimum atomic E-state index is -1.05. The zero-order chi connectivity index (χ0) is 14.8. The molecular weight excluding hydrogens is 272 g/mol. The van der Waals surface area contributed by atoms with Crippen LogP contribution in [0, 0.1) is 0 Å². The Labute approximate surface area is 122 Å². The number of hydrogen-bond acceptors (Lipinski definition) is 4. The third kappa shape index (κ3) is 2.77. The van der Waals surface area contributed by atoms with E-state index in [4.69, 9.17) is 4.74 Å². The second kappa shape index (κ2) is 5.83. The van der Waals surface area contributed by atoms with Gasteiger partial charge in [-0.25, -0.2) is 4.79 Å². The molecule has 3 rings (SSSR count). The molecule has 0 radical (unpaired) electrons. The van der Waals surface area contributed by atoms with Crippen LogP contribution in [0.15, 0.2) is 18.2 Å². The van der Waals surface area contributed by atoms with E-state index in [0.29, 0.717) is 18.7 Å². The molecule has 0 aromatic heterocycles. The normalized spacial score (nSPS) is 18.9. The van der Waals surface area contributed by atoms with Gasteiger partial charge in [0.2, 0.25) is 0 Å². The molecule has 6 nitrogen and oxygen atoms in total. The number of hydrogen-bond donors (Lipinski definition) is 1. The molecule has 0 aliphatic carbocycles. The molecule has 1 N–H and O–H groups in total. The van der Waals surface area contributed by atoms with Crippen molar-refractivity contribution in [1.29, 1.82) is 0 Å². The van der Waals surface area contributed by atoms with Crippen LogP contribution in [0.2, 0.25) is 0 Å². The fourth-order valence-corrected chi connectivity index (χ4v) is 2.87. The van der Waals surface area contributed by atoms with Crippen LogP contribution >= 0.6 is 0 Å². The fourth-order valence-electron chi connectivity index (χ4n) is 2.87. The summed E-state index contributed by atoms with van der Waals surface area (Å²) < 4.78 is 5.30. The Morgan fingerprint density at radius 2 is 2.00 bits per heavy atom. The van der Waals surface area contributed by atoms with Gasteiger partial charge in [0.05, 0.1) is 24.3 Å². The summed E-state index contributed by atoms with van der Waals surface area (Å²) in [6, 6.07) is 5.01. The zero-order valence-electron chi connectivity index (χ0n) is 11.7. The average molecular weight is 290 g/mol. The van der Waals surface area contributed by atoms with Crippen molar-refractivity contribution in [3.05, 3.63) is 34.9 Å². The lowest BCUT2D eigenvalue weighted by atomic mass is 10.0. The highest BCUT2D eigenvalue weighted by Gasteiger charge is 2.31. The summed E-state index contributed by atoms with van der Waals surface area (Å²) in [6.45, 7) is 5.15. The van der Waals surface area contributed by atoms with Crippen molar-refractivity contribution in [3.63, 3.8) is 0 Å². The summed E-state index contributed by atoms with van der Waals surface area (Å²) in [5.41, 5.74) is 1.26. The standard InChI is InChI=1S/C15H18N2O4/c18-14-13-11(2-1-3-12(13)15(19)20)10-17(14)5-4-16-6-8-21-9-7-16/h1-3H,4-10H2,(H,19,20). The molecule has 1 aromatic carbocycles. The highest BCUT2D eigenvalue weighted by atomic mass is 16.5. The molecule has 0 saturated carbocycles. The second-order valence-corrected chi connectivity index (χ2v) is 5.33. The molecule has 112 valence electrons. The van der Waals surface area contributed by atoms with Crippen LogP contribution in [0.3, 0.4) is 0 Å². The van der Waals surface area contributed by atoms with Gasteiger partial charge in [-0.1, -0.05) is 12.1 Å². The van der Waals surface area contributed by atoms with Crippen molar-refractivity contribution >= 4 is 11.9 Å². The number of nitrogens with zero attached hydrogens (tertiary/aromatic N) is 2. The summed E-state index contributed by atoms with van der Waals surface area (Å²) in [6.07, 6.45) is 0. The average Bonchev–Trinajstić information content (AvgIpc) is 2.83. The van der Waals surface area contributed by atoms with Gasteiger partial charge in [0.15, 0.2) is 0 Å². The van der Waals surface area contributed by atoms with Gasteiger partial charge >= 0.3 is 5.97 Å². The number of morpholine rings is 1. The second-order valence-electron chi connectivity index (χ2n) is 5.33. The third-order valence-electron chi connectivity index (χ3n) is 4.03. The van der Waals surface area contributed by atoms with Gasteiger partial charge in [-0.2, -0.15) is 0 Å². The molecule has 0 bridgehead atoms. The topological polar surface area (TPSA) is 70.1 Å². The van der Waals surface area contributed by atoms with Crippen molar-refractivity contribution in [2.75, 3.05) is 39.4 Å². The largest absolute Gasteiger partial charge is 0.478 e. The molecule has 0 atom stereocenters. The Hall–Kier alpha value is -1.92. The molecule has 2 aliphatic heterocycles. The number of aromatic carboxylic acids is 1. The minimum absolute atomic E-state index is 0.103. The van der Waals surface area contributed by atoms with Crippen LogP contribution in [-0.4, -0.2) is 66.2 Å². The van der Waals surface area contributed by atoms with Crippen molar-refractivity contribution in [3.8, 4) is 0 Å². The third-order valence-corrected chi connectivity index (χ3v) is 4.03. The maximum atomic E-state index is 12.4. The quantitative estimate of drug-likeness (QED) is 0.882. The van der Waals surface area contributed by atoms with E-state index in [-0.39, 0.29) is 11.5 Å².